The number of carbonyl (C=O) groups excluding carboxylic acids is 1. The number of nitrogens with one attached hydrogen (secondary N) is 1. The number of fused-ring (bicyclic) bond motifs is 1. The van der Waals surface area contributed by atoms with Gasteiger partial charge in [-0.1, -0.05) is 18.2 Å². The van der Waals surface area contributed by atoms with Crippen LogP contribution >= 0.6 is 11.3 Å². The second-order valence-electron chi connectivity index (χ2n) is 6.38. The molecule has 4 rings (SSSR count). The van der Waals surface area contributed by atoms with Crippen molar-refractivity contribution in [2.24, 2.45) is 0 Å². The minimum Gasteiger partial charge on any atom is -0.349 e. The van der Waals surface area contributed by atoms with Gasteiger partial charge in [-0.05, 0) is 13.0 Å². The molecule has 0 bridgehead atoms. The summed E-state index contributed by atoms with van der Waals surface area (Å²) < 4.78 is 16.8. The van der Waals surface area contributed by atoms with E-state index < -0.39 is 0 Å². The molecule has 0 spiro atoms. The zero-order chi connectivity index (χ0) is 20.4. The molecule has 1 amide bonds. The Morgan fingerprint density at radius 3 is 2.90 bits per heavy atom. The van der Waals surface area contributed by atoms with E-state index in [9.17, 15) is 14.0 Å². The van der Waals surface area contributed by atoms with Crippen molar-refractivity contribution in [3.8, 4) is 0 Å². The van der Waals surface area contributed by atoms with Crippen LogP contribution in [-0.4, -0.2) is 36.8 Å². The van der Waals surface area contributed by atoms with Crippen LogP contribution in [0.2, 0.25) is 0 Å². The van der Waals surface area contributed by atoms with E-state index in [2.05, 4.69) is 20.4 Å². The highest BCUT2D eigenvalue weighted by Gasteiger charge is 2.13. The Morgan fingerprint density at radius 1 is 1.31 bits per heavy atom. The van der Waals surface area contributed by atoms with E-state index in [-0.39, 0.29) is 23.8 Å². The van der Waals surface area contributed by atoms with Gasteiger partial charge in [0.15, 0.2) is 5.65 Å². The Bertz CT molecular complexity index is 1240. The van der Waals surface area contributed by atoms with Crippen molar-refractivity contribution in [3.05, 3.63) is 74.6 Å². The maximum Gasteiger partial charge on any atom is 0.270 e. The van der Waals surface area contributed by atoms with Crippen LogP contribution < -0.4 is 10.9 Å². The van der Waals surface area contributed by atoms with Gasteiger partial charge in [-0.3, -0.25) is 14.2 Å². The number of thiazole rings is 1. The van der Waals surface area contributed by atoms with Gasteiger partial charge in [0.05, 0.1) is 24.3 Å². The molecular weight excluding hydrogens is 395 g/mol. The van der Waals surface area contributed by atoms with Gasteiger partial charge in [-0.2, -0.15) is 5.10 Å². The van der Waals surface area contributed by atoms with Crippen LogP contribution in [0.3, 0.4) is 0 Å². The molecule has 3 heterocycles. The van der Waals surface area contributed by atoms with Crippen LogP contribution in [-0.2, 0) is 13.1 Å². The molecule has 1 N–H and O–H groups in total. The fourth-order valence-electron chi connectivity index (χ4n) is 2.92. The minimum atomic E-state index is -0.374. The van der Waals surface area contributed by atoms with E-state index in [1.165, 1.54) is 34.5 Å². The predicted molar refractivity (Wildman–Crippen MR) is 106 cm³/mol. The fourth-order valence-corrected chi connectivity index (χ4v) is 3.51. The minimum absolute atomic E-state index is 0.0861. The summed E-state index contributed by atoms with van der Waals surface area (Å²) >= 11 is 1.41. The average Bonchev–Trinajstić information content (AvgIpc) is 3.32. The third kappa shape index (κ3) is 3.92. The van der Waals surface area contributed by atoms with Crippen LogP contribution in [0.25, 0.3) is 11.0 Å². The van der Waals surface area contributed by atoms with Crippen molar-refractivity contribution in [3.63, 3.8) is 0 Å². The SMILES string of the molecule is Cc1nc(C(=O)NCCn2ncc3c(=O)n(Cc4ccccc4F)cnc32)cs1. The molecule has 3 aromatic heterocycles. The van der Waals surface area contributed by atoms with Gasteiger partial charge in [0, 0.05) is 17.5 Å². The maximum absolute atomic E-state index is 13.9. The average molecular weight is 412 g/mol. The summed E-state index contributed by atoms with van der Waals surface area (Å²) in [5.74, 6) is -0.632. The summed E-state index contributed by atoms with van der Waals surface area (Å²) in [6.45, 7) is 2.58. The van der Waals surface area contributed by atoms with E-state index in [1.54, 1.807) is 28.3 Å². The Balaban J connectivity index is 1.48. The molecule has 0 aliphatic heterocycles. The molecule has 4 aromatic rings. The molecule has 1 aromatic carbocycles. The number of benzene rings is 1. The Hall–Kier alpha value is -3.40. The van der Waals surface area contributed by atoms with Gasteiger partial charge in [0.25, 0.3) is 11.5 Å². The number of amides is 1. The smallest absolute Gasteiger partial charge is 0.270 e. The van der Waals surface area contributed by atoms with Crippen molar-refractivity contribution in [1.29, 1.82) is 0 Å². The van der Waals surface area contributed by atoms with Gasteiger partial charge in [0.1, 0.15) is 23.2 Å². The molecule has 0 radical (unpaired) electrons. The standard InChI is InChI=1S/C19H17FN6O2S/c1-12-24-16(10-29-12)18(27)21-6-7-26-17-14(8-23-26)19(28)25(11-22-17)9-13-4-2-3-5-15(13)20/h2-5,8,10-11H,6-7,9H2,1H3,(H,21,27). The lowest BCUT2D eigenvalue weighted by atomic mass is 10.2. The summed E-state index contributed by atoms with van der Waals surface area (Å²) in [5, 5.41) is 9.83. The first-order valence-corrected chi connectivity index (χ1v) is 9.75. The third-order valence-corrected chi connectivity index (χ3v) is 5.16. The molecule has 0 fully saturated rings. The molecule has 0 atom stereocenters. The summed E-state index contributed by atoms with van der Waals surface area (Å²) in [4.78, 5) is 33.2. The van der Waals surface area contributed by atoms with Crippen molar-refractivity contribution < 1.29 is 9.18 Å². The van der Waals surface area contributed by atoms with Crippen molar-refractivity contribution in [2.45, 2.75) is 20.0 Å². The molecule has 0 saturated carbocycles. The van der Waals surface area contributed by atoms with E-state index in [1.807, 2.05) is 6.92 Å². The lowest BCUT2D eigenvalue weighted by Gasteiger charge is -2.07. The first kappa shape index (κ1) is 18.9. The zero-order valence-corrected chi connectivity index (χ0v) is 16.3. The molecule has 0 saturated heterocycles. The predicted octanol–water partition coefficient (Wildman–Crippen LogP) is 1.98. The summed E-state index contributed by atoms with van der Waals surface area (Å²) in [7, 11) is 0. The number of aromatic nitrogens is 5. The van der Waals surface area contributed by atoms with Crippen LogP contribution in [0.4, 0.5) is 4.39 Å². The molecule has 0 aliphatic carbocycles. The lowest BCUT2D eigenvalue weighted by molar-refractivity contribution is 0.0947. The van der Waals surface area contributed by atoms with Crippen LogP contribution in [0.1, 0.15) is 21.1 Å². The Kier molecular flexibility index (Phi) is 5.17. The number of halogens is 1. The largest absolute Gasteiger partial charge is 0.349 e. The van der Waals surface area contributed by atoms with Gasteiger partial charge < -0.3 is 5.32 Å². The number of hydrogen-bond donors (Lipinski definition) is 1. The molecule has 0 aliphatic rings. The second-order valence-corrected chi connectivity index (χ2v) is 7.44. The fraction of sp³-hybridized carbons (Fsp3) is 0.211. The molecule has 0 unspecified atom stereocenters. The van der Waals surface area contributed by atoms with Gasteiger partial charge in [-0.25, -0.2) is 19.0 Å². The Morgan fingerprint density at radius 2 is 2.14 bits per heavy atom. The quantitative estimate of drug-likeness (QED) is 0.523. The van der Waals surface area contributed by atoms with E-state index >= 15 is 0 Å². The van der Waals surface area contributed by atoms with Gasteiger partial charge in [0.2, 0.25) is 0 Å². The van der Waals surface area contributed by atoms with Crippen LogP contribution in [0.15, 0.2) is 47.0 Å². The summed E-state index contributed by atoms with van der Waals surface area (Å²) in [6, 6.07) is 6.30. The topological polar surface area (TPSA) is 94.7 Å². The van der Waals surface area contributed by atoms with E-state index in [0.717, 1.165) is 5.01 Å². The normalized spacial score (nSPS) is 11.1. The number of hydrogen-bond acceptors (Lipinski definition) is 6. The highest BCUT2D eigenvalue weighted by molar-refractivity contribution is 7.09. The zero-order valence-electron chi connectivity index (χ0n) is 15.5. The first-order chi connectivity index (χ1) is 14.0. The number of aryl methyl sites for hydroxylation is 1. The van der Waals surface area contributed by atoms with Crippen LogP contribution in [0, 0.1) is 12.7 Å². The number of rotatable bonds is 6. The first-order valence-electron chi connectivity index (χ1n) is 8.87. The molecular formula is C19H17FN6O2S. The highest BCUT2D eigenvalue weighted by atomic mass is 32.1. The molecule has 29 heavy (non-hydrogen) atoms. The lowest BCUT2D eigenvalue weighted by Crippen LogP contribution is -2.28. The van der Waals surface area contributed by atoms with E-state index in [0.29, 0.717) is 35.4 Å². The van der Waals surface area contributed by atoms with Crippen LogP contribution in [0.5, 0.6) is 0 Å². The summed E-state index contributed by atoms with van der Waals surface area (Å²) in [6.07, 6.45) is 2.82. The van der Waals surface area contributed by atoms with Crippen molar-refractivity contribution in [2.75, 3.05) is 6.54 Å². The van der Waals surface area contributed by atoms with Crippen molar-refractivity contribution >= 4 is 28.3 Å². The third-order valence-electron chi connectivity index (χ3n) is 4.38. The van der Waals surface area contributed by atoms with E-state index in [4.69, 9.17) is 0 Å². The second kappa shape index (κ2) is 7.92. The Labute approximate surface area is 168 Å². The number of nitrogens with zero attached hydrogens (tertiary/aromatic N) is 5. The molecule has 148 valence electrons. The van der Waals surface area contributed by atoms with Gasteiger partial charge >= 0.3 is 0 Å². The maximum atomic E-state index is 13.9. The summed E-state index contributed by atoms with van der Waals surface area (Å²) in [5.41, 5.74) is 0.903. The molecule has 10 heteroatoms. The van der Waals surface area contributed by atoms with Gasteiger partial charge in [-0.15, -0.1) is 11.3 Å². The molecule has 8 nitrogen and oxygen atoms in total. The monoisotopic (exact) mass is 412 g/mol. The van der Waals surface area contributed by atoms with Crippen molar-refractivity contribution in [1.82, 2.24) is 29.6 Å². The highest BCUT2D eigenvalue weighted by Crippen LogP contribution is 2.10. The number of carbonyl (C=O) groups is 1.